The number of carbonyl (C=O) groups excluding carboxylic acids is 1. The zero-order chi connectivity index (χ0) is 21.1. The molecular weight excluding hydrogens is 364 g/mol. The molecule has 0 aliphatic rings. The predicted molar refractivity (Wildman–Crippen MR) is 118 cm³/mol. The molecule has 0 radical (unpaired) electrons. The van der Waals surface area contributed by atoms with E-state index in [0.717, 1.165) is 5.56 Å². The highest BCUT2D eigenvalue weighted by atomic mass is 28.3. The predicted octanol–water partition coefficient (Wildman–Crippen LogP) is 5.23. The van der Waals surface area contributed by atoms with E-state index in [1.165, 1.54) is 0 Å². The van der Waals surface area contributed by atoms with Crippen LogP contribution in [0.1, 0.15) is 63.3 Å². The second-order valence-electron chi connectivity index (χ2n) is 8.25. The summed E-state index contributed by atoms with van der Waals surface area (Å²) >= 11 is 0. The molecule has 1 heterocycles. The van der Waals surface area contributed by atoms with Gasteiger partial charge in [-0.25, -0.2) is 4.98 Å². The summed E-state index contributed by atoms with van der Waals surface area (Å²) in [4.78, 5) is 17.4. The van der Waals surface area contributed by atoms with Crippen LogP contribution in [-0.4, -0.2) is 30.5 Å². The zero-order valence-electron chi connectivity index (χ0n) is 18.3. The number of ketones is 1. The van der Waals surface area contributed by atoms with E-state index in [-0.39, 0.29) is 5.78 Å². The topological polar surface area (TPSA) is 44.1 Å². The summed E-state index contributed by atoms with van der Waals surface area (Å²) in [6.07, 6.45) is 3.40. The van der Waals surface area contributed by atoms with Gasteiger partial charge >= 0.3 is 0 Å². The van der Waals surface area contributed by atoms with Gasteiger partial charge < -0.3 is 9.30 Å². The highest BCUT2D eigenvalue weighted by molar-refractivity contribution is 6.90. The van der Waals surface area contributed by atoms with Gasteiger partial charge in [0.05, 0.1) is 7.11 Å². The molecule has 1 aromatic carbocycles. The first-order valence-corrected chi connectivity index (χ1v) is 12.1. The fourth-order valence-electron chi connectivity index (χ4n) is 4.26. The molecule has 0 aliphatic carbocycles. The summed E-state index contributed by atoms with van der Waals surface area (Å²) in [5, 5.41) is 0. The number of aryl methyl sites for hydroxylation is 1. The molecule has 0 bridgehead atoms. The van der Waals surface area contributed by atoms with Crippen LogP contribution in [0.2, 0.25) is 16.6 Å². The van der Waals surface area contributed by atoms with Crippen LogP contribution >= 0.6 is 0 Å². The number of imidazole rings is 1. The third-order valence-corrected chi connectivity index (χ3v) is 12.1. The van der Waals surface area contributed by atoms with E-state index in [1.807, 2.05) is 19.2 Å². The number of aromatic nitrogens is 2. The standard InChI is InChI=1S/C23H32N2O2Si/c1-16(2)28(17(3)4,18(5)6)14-11-19-9-10-20(27-8)15-21(19)22(26)23-24-12-13-25(23)7/h9-10,12-13,15-18H,1-8H3. The van der Waals surface area contributed by atoms with Crippen LogP contribution < -0.4 is 4.74 Å². The van der Waals surface area contributed by atoms with Crippen molar-refractivity contribution in [2.45, 2.75) is 58.2 Å². The maximum Gasteiger partial charge on any atom is 0.229 e. The van der Waals surface area contributed by atoms with Crippen LogP contribution in [0.15, 0.2) is 30.6 Å². The molecule has 4 nitrogen and oxygen atoms in total. The lowest BCUT2D eigenvalue weighted by Gasteiger charge is -2.38. The lowest BCUT2D eigenvalue weighted by Crippen LogP contribution is -2.43. The Morgan fingerprint density at radius 2 is 1.71 bits per heavy atom. The summed E-state index contributed by atoms with van der Waals surface area (Å²) in [7, 11) is 1.53. The second-order valence-corrected chi connectivity index (χ2v) is 13.8. The quantitative estimate of drug-likeness (QED) is 0.381. The van der Waals surface area contributed by atoms with Gasteiger partial charge in [0.1, 0.15) is 13.8 Å². The summed E-state index contributed by atoms with van der Waals surface area (Å²) in [5.74, 6) is 4.31. The minimum atomic E-state index is -1.89. The molecule has 2 aromatic rings. The number of benzene rings is 1. The molecule has 0 atom stereocenters. The van der Waals surface area contributed by atoms with Crippen molar-refractivity contribution in [3.8, 4) is 17.2 Å². The first-order valence-electron chi connectivity index (χ1n) is 9.88. The molecule has 1 aromatic heterocycles. The molecule has 0 fully saturated rings. The maximum absolute atomic E-state index is 13.1. The number of carbonyl (C=O) groups is 1. The van der Waals surface area contributed by atoms with Gasteiger partial charge in [0.2, 0.25) is 5.78 Å². The largest absolute Gasteiger partial charge is 0.497 e. The second kappa shape index (κ2) is 8.79. The van der Waals surface area contributed by atoms with Crippen LogP contribution in [0.3, 0.4) is 0 Å². The van der Waals surface area contributed by atoms with E-state index in [2.05, 4.69) is 58.0 Å². The molecule has 0 saturated carbocycles. The van der Waals surface area contributed by atoms with Crippen molar-refractivity contribution in [2.24, 2.45) is 7.05 Å². The molecule has 0 saturated heterocycles. The Hall–Kier alpha value is -2.32. The van der Waals surface area contributed by atoms with Crippen LogP contribution in [0.5, 0.6) is 5.75 Å². The molecule has 0 N–H and O–H groups in total. The van der Waals surface area contributed by atoms with E-state index in [4.69, 9.17) is 4.74 Å². The Bertz CT molecular complexity index is 879. The lowest BCUT2D eigenvalue weighted by atomic mass is 10.0. The van der Waals surface area contributed by atoms with Crippen LogP contribution in [0.25, 0.3) is 0 Å². The number of rotatable bonds is 6. The SMILES string of the molecule is COc1ccc(C#C[Si](C(C)C)(C(C)C)C(C)C)c(C(=O)c2nccn2C)c1. The van der Waals surface area contributed by atoms with Gasteiger partial charge in [-0.3, -0.25) is 4.79 Å². The van der Waals surface area contributed by atoms with E-state index >= 15 is 0 Å². The molecule has 28 heavy (non-hydrogen) atoms. The minimum Gasteiger partial charge on any atom is -0.497 e. The number of methoxy groups -OCH3 is 1. The van der Waals surface area contributed by atoms with Crippen LogP contribution in [0, 0.1) is 11.5 Å². The van der Waals surface area contributed by atoms with Gasteiger partial charge in [-0.05, 0) is 34.8 Å². The summed E-state index contributed by atoms with van der Waals surface area (Å²) < 4.78 is 7.08. The fraction of sp³-hybridized carbons (Fsp3) is 0.478. The summed E-state index contributed by atoms with van der Waals surface area (Å²) in [6.45, 7) is 13.7. The third kappa shape index (κ3) is 4.07. The number of hydrogen-bond donors (Lipinski definition) is 0. The highest BCUT2D eigenvalue weighted by Gasteiger charge is 2.41. The third-order valence-electron chi connectivity index (χ3n) is 5.78. The Kier molecular flexibility index (Phi) is 6.90. The van der Waals surface area contributed by atoms with Crippen molar-refractivity contribution in [3.05, 3.63) is 47.5 Å². The summed E-state index contributed by atoms with van der Waals surface area (Å²) in [5.41, 5.74) is 6.60. The van der Waals surface area contributed by atoms with Gasteiger partial charge in [0.15, 0.2) is 5.82 Å². The van der Waals surface area contributed by atoms with Crippen LogP contribution in [0.4, 0.5) is 0 Å². The number of nitrogens with zero attached hydrogens (tertiary/aromatic N) is 2. The van der Waals surface area contributed by atoms with Crippen molar-refractivity contribution in [3.63, 3.8) is 0 Å². The molecular formula is C23H32N2O2Si. The normalized spacial score (nSPS) is 11.7. The Labute approximate surface area is 170 Å². The molecule has 0 unspecified atom stereocenters. The monoisotopic (exact) mass is 396 g/mol. The average molecular weight is 397 g/mol. The van der Waals surface area contributed by atoms with E-state index in [0.29, 0.717) is 33.8 Å². The first-order chi connectivity index (χ1) is 13.1. The van der Waals surface area contributed by atoms with Gasteiger partial charge in [0, 0.05) is 30.6 Å². The van der Waals surface area contributed by atoms with Crippen LogP contribution in [-0.2, 0) is 7.05 Å². The average Bonchev–Trinajstić information content (AvgIpc) is 3.06. The zero-order valence-corrected chi connectivity index (χ0v) is 19.3. The van der Waals surface area contributed by atoms with Crippen molar-refractivity contribution in [1.29, 1.82) is 0 Å². The van der Waals surface area contributed by atoms with E-state index in [9.17, 15) is 4.79 Å². The van der Waals surface area contributed by atoms with Gasteiger partial charge in [0.25, 0.3) is 0 Å². The number of ether oxygens (including phenoxy) is 1. The Balaban J connectivity index is 2.63. The molecule has 0 amide bonds. The molecule has 2 rings (SSSR count). The van der Waals surface area contributed by atoms with E-state index < -0.39 is 8.07 Å². The van der Waals surface area contributed by atoms with Crippen molar-refractivity contribution in [2.75, 3.05) is 7.11 Å². The molecule has 150 valence electrons. The van der Waals surface area contributed by atoms with Gasteiger partial charge in [-0.2, -0.15) is 0 Å². The van der Waals surface area contributed by atoms with Gasteiger partial charge in [-0.1, -0.05) is 47.5 Å². The smallest absolute Gasteiger partial charge is 0.229 e. The minimum absolute atomic E-state index is 0.137. The van der Waals surface area contributed by atoms with E-state index in [1.54, 1.807) is 30.1 Å². The van der Waals surface area contributed by atoms with Gasteiger partial charge in [-0.15, -0.1) is 5.54 Å². The number of hydrogen-bond acceptors (Lipinski definition) is 3. The van der Waals surface area contributed by atoms with Crippen molar-refractivity contribution < 1.29 is 9.53 Å². The Morgan fingerprint density at radius 3 is 2.18 bits per heavy atom. The lowest BCUT2D eigenvalue weighted by molar-refractivity contribution is 0.102. The van der Waals surface area contributed by atoms with Crippen molar-refractivity contribution >= 4 is 13.9 Å². The first kappa shape index (κ1) is 22.0. The molecule has 0 spiro atoms. The Morgan fingerprint density at radius 1 is 1.11 bits per heavy atom. The molecule has 5 heteroatoms. The molecule has 0 aliphatic heterocycles. The summed E-state index contributed by atoms with van der Waals surface area (Å²) in [6, 6.07) is 5.52. The fourth-order valence-corrected chi connectivity index (χ4v) is 9.48. The van der Waals surface area contributed by atoms with Crippen molar-refractivity contribution in [1.82, 2.24) is 9.55 Å². The maximum atomic E-state index is 13.1. The highest BCUT2D eigenvalue weighted by Crippen LogP contribution is 2.40.